The molecule has 1 aromatic rings. The molecule has 3 N–H and O–H groups in total. The summed E-state index contributed by atoms with van der Waals surface area (Å²) in [6, 6.07) is 1.90. The molecule has 0 saturated carbocycles. The summed E-state index contributed by atoms with van der Waals surface area (Å²) in [6.45, 7) is 9.87. The average molecular weight is 279 g/mol. The molecule has 0 aliphatic rings. The van der Waals surface area contributed by atoms with Crippen molar-refractivity contribution in [1.82, 2.24) is 15.3 Å². The second-order valence-electron chi connectivity index (χ2n) is 4.99. The molecule has 0 fully saturated rings. The summed E-state index contributed by atoms with van der Waals surface area (Å²) in [5.41, 5.74) is 0. The second kappa shape index (κ2) is 8.35. The summed E-state index contributed by atoms with van der Waals surface area (Å²) in [5.74, 6) is 2.69. The zero-order chi connectivity index (χ0) is 15.0. The van der Waals surface area contributed by atoms with Gasteiger partial charge in [-0.05, 0) is 6.42 Å². The standard InChI is InChI=1S/C14H25N5O/c1-5-6-16-12-9-13(17-8-7-15-11(4)20)19-14(18-12)10(2)3/h9-10H,5-8H2,1-4H3,(H,15,20)(H2,16,17,18,19). The first kappa shape index (κ1) is 16.2. The molecule has 6 nitrogen and oxygen atoms in total. The quantitative estimate of drug-likeness (QED) is 0.634. The van der Waals surface area contributed by atoms with Crippen molar-refractivity contribution in [2.24, 2.45) is 0 Å². The van der Waals surface area contributed by atoms with E-state index in [1.807, 2.05) is 6.07 Å². The third-order valence-electron chi connectivity index (χ3n) is 2.62. The van der Waals surface area contributed by atoms with Crippen molar-refractivity contribution in [3.05, 3.63) is 11.9 Å². The number of hydrogen-bond donors (Lipinski definition) is 3. The summed E-state index contributed by atoms with van der Waals surface area (Å²) in [6.07, 6.45) is 1.05. The molecule has 1 aromatic heterocycles. The van der Waals surface area contributed by atoms with Crippen LogP contribution in [0.15, 0.2) is 6.07 Å². The number of rotatable bonds is 8. The Morgan fingerprint density at radius 2 is 1.75 bits per heavy atom. The largest absolute Gasteiger partial charge is 0.370 e. The van der Waals surface area contributed by atoms with Crippen molar-refractivity contribution in [1.29, 1.82) is 0 Å². The van der Waals surface area contributed by atoms with Gasteiger partial charge in [0.25, 0.3) is 0 Å². The zero-order valence-corrected chi connectivity index (χ0v) is 12.8. The highest BCUT2D eigenvalue weighted by molar-refractivity contribution is 5.72. The molecular weight excluding hydrogens is 254 g/mol. The van der Waals surface area contributed by atoms with E-state index in [1.54, 1.807) is 0 Å². The molecule has 0 unspecified atom stereocenters. The Balaban J connectivity index is 2.67. The van der Waals surface area contributed by atoms with Crippen LogP contribution in [-0.2, 0) is 4.79 Å². The number of nitrogens with one attached hydrogen (secondary N) is 3. The van der Waals surface area contributed by atoms with E-state index < -0.39 is 0 Å². The van der Waals surface area contributed by atoms with Gasteiger partial charge in [-0.1, -0.05) is 20.8 Å². The molecule has 0 aromatic carbocycles. The van der Waals surface area contributed by atoms with E-state index in [0.29, 0.717) is 13.1 Å². The Morgan fingerprint density at radius 3 is 2.25 bits per heavy atom. The smallest absolute Gasteiger partial charge is 0.216 e. The molecule has 0 spiro atoms. The van der Waals surface area contributed by atoms with Crippen LogP contribution in [0.5, 0.6) is 0 Å². The van der Waals surface area contributed by atoms with E-state index in [1.165, 1.54) is 6.92 Å². The number of amides is 1. The summed E-state index contributed by atoms with van der Waals surface area (Å²) in [4.78, 5) is 19.8. The highest BCUT2D eigenvalue weighted by Gasteiger charge is 2.07. The Morgan fingerprint density at radius 1 is 1.15 bits per heavy atom. The van der Waals surface area contributed by atoms with Gasteiger partial charge in [-0.25, -0.2) is 9.97 Å². The van der Waals surface area contributed by atoms with Gasteiger partial charge in [-0.3, -0.25) is 4.79 Å². The highest BCUT2D eigenvalue weighted by atomic mass is 16.1. The SMILES string of the molecule is CCCNc1cc(NCCNC(C)=O)nc(C(C)C)n1. The number of carbonyl (C=O) groups is 1. The summed E-state index contributed by atoms with van der Waals surface area (Å²) >= 11 is 0. The Hall–Kier alpha value is -1.85. The van der Waals surface area contributed by atoms with Crippen molar-refractivity contribution < 1.29 is 4.79 Å². The lowest BCUT2D eigenvalue weighted by molar-refractivity contribution is -0.118. The van der Waals surface area contributed by atoms with E-state index in [-0.39, 0.29) is 11.8 Å². The Labute approximate surface area is 120 Å². The van der Waals surface area contributed by atoms with Gasteiger partial charge < -0.3 is 16.0 Å². The minimum Gasteiger partial charge on any atom is -0.370 e. The summed E-state index contributed by atoms with van der Waals surface area (Å²) in [7, 11) is 0. The van der Waals surface area contributed by atoms with Gasteiger partial charge in [0, 0.05) is 38.5 Å². The molecule has 0 saturated heterocycles. The first-order valence-electron chi connectivity index (χ1n) is 7.14. The fourth-order valence-corrected chi connectivity index (χ4v) is 1.59. The first-order chi connectivity index (χ1) is 9.52. The van der Waals surface area contributed by atoms with Crippen LogP contribution in [0.1, 0.15) is 45.9 Å². The maximum atomic E-state index is 10.8. The highest BCUT2D eigenvalue weighted by Crippen LogP contribution is 2.16. The van der Waals surface area contributed by atoms with E-state index in [0.717, 1.165) is 30.4 Å². The third-order valence-corrected chi connectivity index (χ3v) is 2.62. The molecule has 1 rings (SSSR count). The molecule has 0 atom stereocenters. The molecule has 6 heteroatoms. The fraction of sp³-hybridized carbons (Fsp3) is 0.643. The number of carbonyl (C=O) groups excluding carboxylic acids is 1. The Kier molecular flexibility index (Phi) is 6.76. The number of nitrogens with zero attached hydrogens (tertiary/aromatic N) is 2. The molecule has 0 bridgehead atoms. The van der Waals surface area contributed by atoms with Crippen LogP contribution < -0.4 is 16.0 Å². The second-order valence-corrected chi connectivity index (χ2v) is 4.99. The van der Waals surface area contributed by atoms with Gasteiger partial charge >= 0.3 is 0 Å². The van der Waals surface area contributed by atoms with Crippen LogP contribution in [-0.4, -0.2) is 35.5 Å². The molecule has 0 aliphatic carbocycles. The predicted molar refractivity (Wildman–Crippen MR) is 82.1 cm³/mol. The topological polar surface area (TPSA) is 78.9 Å². The molecule has 20 heavy (non-hydrogen) atoms. The lowest BCUT2D eigenvalue weighted by Gasteiger charge is -2.12. The fourth-order valence-electron chi connectivity index (χ4n) is 1.59. The number of hydrogen-bond acceptors (Lipinski definition) is 5. The predicted octanol–water partition coefficient (Wildman–Crippen LogP) is 1.97. The molecule has 1 amide bonds. The van der Waals surface area contributed by atoms with Crippen LogP contribution in [0.4, 0.5) is 11.6 Å². The minimum atomic E-state index is -0.0253. The molecule has 112 valence electrons. The van der Waals surface area contributed by atoms with Gasteiger partial charge in [0.05, 0.1) is 0 Å². The van der Waals surface area contributed by atoms with E-state index >= 15 is 0 Å². The molecule has 1 heterocycles. The van der Waals surface area contributed by atoms with Crippen molar-refractivity contribution in [2.75, 3.05) is 30.3 Å². The first-order valence-corrected chi connectivity index (χ1v) is 7.14. The van der Waals surface area contributed by atoms with Crippen LogP contribution in [0, 0.1) is 0 Å². The van der Waals surface area contributed by atoms with Crippen molar-refractivity contribution in [3.63, 3.8) is 0 Å². The molecule has 0 aliphatic heterocycles. The average Bonchev–Trinajstić information content (AvgIpc) is 2.41. The van der Waals surface area contributed by atoms with Crippen LogP contribution in [0.3, 0.4) is 0 Å². The van der Waals surface area contributed by atoms with Gasteiger partial charge in [0.2, 0.25) is 5.91 Å². The van der Waals surface area contributed by atoms with E-state index in [9.17, 15) is 4.79 Å². The maximum Gasteiger partial charge on any atom is 0.216 e. The molecular formula is C14H25N5O. The van der Waals surface area contributed by atoms with Gasteiger partial charge in [-0.2, -0.15) is 0 Å². The van der Waals surface area contributed by atoms with E-state index in [4.69, 9.17) is 0 Å². The summed E-state index contributed by atoms with van der Waals surface area (Å²) in [5, 5.41) is 9.23. The third kappa shape index (κ3) is 5.86. The zero-order valence-electron chi connectivity index (χ0n) is 12.8. The lowest BCUT2D eigenvalue weighted by atomic mass is 10.2. The van der Waals surface area contributed by atoms with Crippen molar-refractivity contribution in [3.8, 4) is 0 Å². The summed E-state index contributed by atoms with van der Waals surface area (Å²) < 4.78 is 0. The normalized spacial score (nSPS) is 10.4. The van der Waals surface area contributed by atoms with Crippen molar-refractivity contribution >= 4 is 17.5 Å². The Bertz CT molecular complexity index is 434. The van der Waals surface area contributed by atoms with Crippen molar-refractivity contribution in [2.45, 2.75) is 40.0 Å². The maximum absolute atomic E-state index is 10.8. The molecule has 0 radical (unpaired) electrons. The van der Waals surface area contributed by atoms with Crippen LogP contribution in [0.25, 0.3) is 0 Å². The van der Waals surface area contributed by atoms with E-state index in [2.05, 4.69) is 46.7 Å². The van der Waals surface area contributed by atoms with Gasteiger partial charge in [-0.15, -0.1) is 0 Å². The number of aromatic nitrogens is 2. The minimum absolute atomic E-state index is 0.0253. The van der Waals surface area contributed by atoms with Gasteiger partial charge in [0.1, 0.15) is 17.5 Å². The van der Waals surface area contributed by atoms with Gasteiger partial charge in [0.15, 0.2) is 0 Å². The van der Waals surface area contributed by atoms with Crippen LogP contribution in [0.2, 0.25) is 0 Å². The lowest BCUT2D eigenvalue weighted by Crippen LogP contribution is -2.26. The monoisotopic (exact) mass is 279 g/mol. The number of anilines is 2. The van der Waals surface area contributed by atoms with Crippen LogP contribution >= 0.6 is 0 Å².